The number of halogens is 1. The Kier molecular flexibility index (Phi) is 6.57. The van der Waals surface area contributed by atoms with Crippen LogP contribution in [0.25, 0.3) is 12.2 Å². The third-order valence-corrected chi connectivity index (χ3v) is 4.20. The molecule has 0 atom stereocenters. The van der Waals surface area contributed by atoms with Crippen LogP contribution < -0.4 is 9.64 Å². The molecule has 29 heavy (non-hydrogen) atoms. The minimum absolute atomic E-state index is 0.188. The van der Waals surface area contributed by atoms with Crippen LogP contribution >= 0.6 is 0 Å². The summed E-state index contributed by atoms with van der Waals surface area (Å²) in [5.74, 6) is 0.697. The third-order valence-electron chi connectivity index (χ3n) is 4.20. The number of carbonyl (C=O) groups is 1. The van der Waals surface area contributed by atoms with E-state index >= 15 is 0 Å². The van der Waals surface area contributed by atoms with Crippen LogP contribution in [-0.2, 0) is 13.2 Å². The molecule has 1 heterocycles. The van der Waals surface area contributed by atoms with Gasteiger partial charge in [-0.15, -0.1) is 5.10 Å². The van der Waals surface area contributed by atoms with Gasteiger partial charge in [-0.1, -0.05) is 41.6 Å². The van der Waals surface area contributed by atoms with E-state index < -0.39 is 12.8 Å². The molecule has 0 saturated carbocycles. The summed E-state index contributed by atoms with van der Waals surface area (Å²) >= 11 is 0. The average Bonchev–Trinajstić information content (AvgIpc) is 3.19. The molecule has 1 N–H and O–H groups in total. The molecule has 0 radical (unpaired) electrons. The standard InChI is InChI=1S/C21H21FN4O3/c1-25(21(27)28)19-8-4-16(5-9-19)2-3-17-6-10-20(11-7-17)29-15-18-14-26(13-12-22)24-23-18/h2-11,14H,12-13,15H2,1H3,(H,27,28)/b3-2+. The lowest BCUT2D eigenvalue weighted by Crippen LogP contribution is -2.23. The Morgan fingerprint density at radius 2 is 1.76 bits per heavy atom. The van der Waals surface area contributed by atoms with E-state index in [4.69, 9.17) is 9.84 Å². The van der Waals surface area contributed by atoms with Crippen molar-refractivity contribution in [2.45, 2.75) is 13.2 Å². The van der Waals surface area contributed by atoms with Gasteiger partial charge in [0.15, 0.2) is 0 Å². The van der Waals surface area contributed by atoms with Gasteiger partial charge in [0.25, 0.3) is 0 Å². The van der Waals surface area contributed by atoms with E-state index in [9.17, 15) is 9.18 Å². The highest BCUT2D eigenvalue weighted by molar-refractivity contribution is 5.85. The highest BCUT2D eigenvalue weighted by atomic mass is 19.1. The van der Waals surface area contributed by atoms with Gasteiger partial charge in [-0.25, -0.2) is 13.9 Å². The summed E-state index contributed by atoms with van der Waals surface area (Å²) in [6.07, 6.45) is 4.57. The van der Waals surface area contributed by atoms with Gasteiger partial charge in [-0.2, -0.15) is 0 Å². The number of hydrogen-bond acceptors (Lipinski definition) is 4. The SMILES string of the molecule is CN(C(=O)O)c1ccc(/C=C/c2ccc(OCc3cn(CCF)nn3)cc2)cc1. The van der Waals surface area contributed by atoms with Crippen LogP contribution in [0.2, 0.25) is 0 Å². The molecule has 0 fully saturated rings. The molecule has 8 heteroatoms. The second-order valence-electron chi connectivity index (χ2n) is 6.29. The number of nitrogens with zero attached hydrogens (tertiary/aromatic N) is 4. The van der Waals surface area contributed by atoms with Crippen molar-refractivity contribution in [1.82, 2.24) is 15.0 Å². The Balaban J connectivity index is 1.55. The Hall–Kier alpha value is -3.68. The van der Waals surface area contributed by atoms with E-state index in [1.165, 1.54) is 11.7 Å². The maximum atomic E-state index is 12.3. The summed E-state index contributed by atoms with van der Waals surface area (Å²) in [5.41, 5.74) is 3.21. The van der Waals surface area contributed by atoms with Crippen molar-refractivity contribution < 1.29 is 19.0 Å². The molecule has 0 aliphatic heterocycles. The molecule has 0 unspecified atom stereocenters. The zero-order valence-corrected chi connectivity index (χ0v) is 15.9. The van der Waals surface area contributed by atoms with Gasteiger partial charge in [-0.3, -0.25) is 4.90 Å². The van der Waals surface area contributed by atoms with Gasteiger partial charge in [0.1, 0.15) is 24.7 Å². The zero-order chi connectivity index (χ0) is 20.6. The van der Waals surface area contributed by atoms with Gasteiger partial charge >= 0.3 is 6.09 Å². The van der Waals surface area contributed by atoms with Crippen molar-refractivity contribution in [3.05, 3.63) is 71.5 Å². The summed E-state index contributed by atoms with van der Waals surface area (Å²) in [7, 11) is 1.50. The van der Waals surface area contributed by atoms with E-state index in [-0.39, 0.29) is 13.2 Å². The fraction of sp³-hybridized carbons (Fsp3) is 0.190. The number of hydrogen-bond donors (Lipinski definition) is 1. The first-order valence-corrected chi connectivity index (χ1v) is 8.98. The van der Waals surface area contributed by atoms with Gasteiger partial charge in [-0.05, 0) is 35.4 Å². The molecular formula is C21H21FN4O3. The maximum absolute atomic E-state index is 12.3. The molecule has 1 amide bonds. The van der Waals surface area contributed by atoms with Crippen molar-refractivity contribution in [3.8, 4) is 5.75 Å². The first-order chi connectivity index (χ1) is 14.0. The van der Waals surface area contributed by atoms with Gasteiger partial charge in [0.05, 0.1) is 12.7 Å². The van der Waals surface area contributed by atoms with Crippen molar-refractivity contribution in [2.24, 2.45) is 0 Å². The first kappa shape index (κ1) is 20.1. The largest absolute Gasteiger partial charge is 0.487 e. The Bertz CT molecular complexity index is 968. The highest BCUT2D eigenvalue weighted by Crippen LogP contribution is 2.18. The summed E-state index contributed by atoms with van der Waals surface area (Å²) in [5, 5.41) is 16.7. The van der Waals surface area contributed by atoms with Crippen molar-refractivity contribution in [2.75, 3.05) is 18.6 Å². The Labute approximate surface area is 167 Å². The third kappa shape index (κ3) is 5.65. The monoisotopic (exact) mass is 396 g/mol. The number of aryl methyl sites for hydroxylation is 1. The van der Waals surface area contributed by atoms with E-state index in [1.54, 1.807) is 18.3 Å². The van der Waals surface area contributed by atoms with Crippen molar-refractivity contribution >= 4 is 23.9 Å². The fourth-order valence-corrected chi connectivity index (χ4v) is 2.54. The van der Waals surface area contributed by atoms with E-state index in [0.717, 1.165) is 16.0 Å². The first-order valence-electron chi connectivity index (χ1n) is 8.98. The minimum Gasteiger partial charge on any atom is -0.487 e. The Morgan fingerprint density at radius 1 is 1.14 bits per heavy atom. The van der Waals surface area contributed by atoms with E-state index in [2.05, 4.69) is 10.3 Å². The number of amides is 1. The molecule has 0 aliphatic rings. The lowest BCUT2D eigenvalue weighted by Gasteiger charge is -2.12. The quantitative estimate of drug-likeness (QED) is 0.580. The number of alkyl halides is 1. The maximum Gasteiger partial charge on any atom is 0.411 e. The molecule has 2 aromatic carbocycles. The summed E-state index contributed by atoms with van der Waals surface area (Å²) in [4.78, 5) is 12.1. The molecule has 7 nitrogen and oxygen atoms in total. The minimum atomic E-state index is -1.00. The smallest absolute Gasteiger partial charge is 0.411 e. The zero-order valence-electron chi connectivity index (χ0n) is 15.9. The van der Waals surface area contributed by atoms with Crippen LogP contribution in [0.15, 0.2) is 54.7 Å². The molecule has 0 aliphatic carbocycles. The molecule has 0 bridgehead atoms. The lowest BCUT2D eigenvalue weighted by atomic mass is 10.1. The predicted octanol–water partition coefficient (Wildman–Crippen LogP) is 4.11. The van der Waals surface area contributed by atoms with Crippen molar-refractivity contribution in [3.63, 3.8) is 0 Å². The number of rotatable bonds is 8. The Morgan fingerprint density at radius 3 is 2.34 bits per heavy atom. The predicted molar refractivity (Wildman–Crippen MR) is 109 cm³/mol. The fourth-order valence-electron chi connectivity index (χ4n) is 2.54. The van der Waals surface area contributed by atoms with Crippen LogP contribution in [0.3, 0.4) is 0 Å². The number of carboxylic acid groups (broad SMARTS) is 1. The van der Waals surface area contributed by atoms with Crippen LogP contribution in [0, 0.1) is 0 Å². The van der Waals surface area contributed by atoms with Crippen molar-refractivity contribution in [1.29, 1.82) is 0 Å². The van der Waals surface area contributed by atoms with Crippen LogP contribution in [0.4, 0.5) is 14.9 Å². The van der Waals surface area contributed by atoms with E-state index in [0.29, 0.717) is 17.1 Å². The van der Waals surface area contributed by atoms with Gasteiger partial charge in [0, 0.05) is 12.7 Å². The number of anilines is 1. The van der Waals surface area contributed by atoms with Crippen LogP contribution in [0.5, 0.6) is 5.75 Å². The van der Waals surface area contributed by atoms with Crippen LogP contribution in [0.1, 0.15) is 16.8 Å². The highest BCUT2D eigenvalue weighted by Gasteiger charge is 2.07. The average molecular weight is 396 g/mol. The number of benzene rings is 2. The van der Waals surface area contributed by atoms with Crippen LogP contribution in [-0.4, -0.2) is 39.9 Å². The molecule has 1 aromatic heterocycles. The molecule has 3 aromatic rings. The topological polar surface area (TPSA) is 80.5 Å². The summed E-state index contributed by atoms with van der Waals surface area (Å²) in [6.45, 7) is -0.0339. The summed E-state index contributed by atoms with van der Waals surface area (Å²) in [6, 6.07) is 14.8. The normalized spacial score (nSPS) is 11.0. The molecule has 0 spiro atoms. The second-order valence-corrected chi connectivity index (χ2v) is 6.29. The van der Waals surface area contributed by atoms with E-state index in [1.807, 2.05) is 48.6 Å². The molecular weight excluding hydrogens is 375 g/mol. The molecule has 150 valence electrons. The molecule has 3 rings (SSSR count). The lowest BCUT2D eigenvalue weighted by molar-refractivity contribution is 0.203. The van der Waals surface area contributed by atoms with Gasteiger partial charge in [0.2, 0.25) is 0 Å². The van der Waals surface area contributed by atoms with Gasteiger partial charge < -0.3 is 9.84 Å². The second kappa shape index (κ2) is 9.50. The number of ether oxygens (including phenoxy) is 1. The number of aromatic nitrogens is 3. The molecule has 0 saturated heterocycles. The summed E-state index contributed by atoms with van der Waals surface area (Å²) < 4.78 is 19.4.